The van der Waals surface area contributed by atoms with Crippen LogP contribution in [0.3, 0.4) is 0 Å². The molecule has 0 bridgehead atoms. The molecule has 0 aromatic heterocycles. The Morgan fingerprint density at radius 2 is 2.33 bits per heavy atom. The van der Waals surface area contributed by atoms with Crippen LogP contribution in [0.4, 0.5) is 10.1 Å². The van der Waals surface area contributed by atoms with Crippen LogP contribution in [0.1, 0.15) is 18.9 Å². The van der Waals surface area contributed by atoms with Gasteiger partial charge < -0.3 is 19.7 Å². The van der Waals surface area contributed by atoms with Gasteiger partial charge in [0.25, 0.3) is 0 Å². The maximum absolute atomic E-state index is 13.5. The van der Waals surface area contributed by atoms with Crippen molar-refractivity contribution in [3.05, 3.63) is 29.6 Å². The second kappa shape index (κ2) is 8.32. The average molecular weight is 296 g/mol. The van der Waals surface area contributed by atoms with E-state index in [2.05, 4.69) is 17.1 Å². The molecule has 1 heterocycles. The third-order valence-corrected chi connectivity index (χ3v) is 3.77. The number of morpholine rings is 1. The highest BCUT2D eigenvalue weighted by atomic mass is 19.1. The van der Waals surface area contributed by atoms with Crippen LogP contribution in [0.25, 0.3) is 0 Å². The van der Waals surface area contributed by atoms with E-state index in [1.54, 1.807) is 13.2 Å². The van der Waals surface area contributed by atoms with Gasteiger partial charge in [-0.1, -0.05) is 6.92 Å². The largest absolute Gasteiger partial charge is 0.383 e. The minimum absolute atomic E-state index is 0.192. The van der Waals surface area contributed by atoms with Gasteiger partial charge in [-0.2, -0.15) is 0 Å². The first-order valence-electron chi connectivity index (χ1n) is 7.59. The first-order chi connectivity index (χ1) is 10.2. The molecule has 118 valence electrons. The van der Waals surface area contributed by atoms with E-state index in [1.807, 2.05) is 6.07 Å². The molecule has 1 saturated heterocycles. The summed E-state index contributed by atoms with van der Waals surface area (Å²) >= 11 is 0. The Labute approximate surface area is 126 Å². The van der Waals surface area contributed by atoms with E-state index in [-0.39, 0.29) is 11.9 Å². The zero-order valence-corrected chi connectivity index (χ0v) is 12.9. The number of benzene rings is 1. The van der Waals surface area contributed by atoms with Crippen LogP contribution in [0.2, 0.25) is 0 Å². The van der Waals surface area contributed by atoms with Crippen molar-refractivity contribution < 1.29 is 13.9 Å². The lowest BCUT2D eigenvalue weighted by atomic mass is 10.1. The van der Waals surface area contributed by atoms with Crippen LogP contribution >= 0.6 is 0 Å². The number of ether oxygens (including phenoxy) is 2. The minimum Gasteiger partial charge on any atom is -0.383 e. The summed E-state index contributed by atoms with van der Waals surface area (Å²) in [6, 6.07) is 5.02. The number of hydrogen-bond acceptors (Lipinski definition) is 4. The number of nitrogens with zero attached hydrogens (tertiary/aromatic N) is 1. The van der Waals surface area contributed by atoms with Gasteiger partial charge in [0.2, 0.25) is 0 Å². The fourth-order valence-corrected chi connectivity index (χ4v) is 2.59. The molecular weight excluding hydrogens is 271 g/mol. The molecule has 0 spiro atoms. The molecular formula is C16H25FN2O2. The molecule has 0 radical (unpaired) electrons. The summed E-state index contributed by atoms with van der Waals surface area (Å²) in [6.45, 7) is 6.64. The highest BCUT2D eigenvalue weighted by molar-refractivity contribution is 5.54. The molecule has 1 aliphatic heterocycles. The second-order valence-corrected chi connectivity index (χ2v) is 5.29. The summed E-state index contributed by atoms with van der Waals surface area (Å²) in [5.74, 6) is -0.192. The SMILES string of the molecule is CCC1CN(c2ccc(F)cc2CNCCOC)CCO1. The first kappa shape index (κ1) is 16.2. The molecule has 1 aromatic rings. The van der Waals surface area contributed by atoms with Crippen LogP contribution in [-0.2, 0) is 16.0 Å². The summed E-state index contributed by atoms with van der Waals surface area (Å²) in [5.41, 5.74) is 2.09. The van der Waals surface area contributed by atoms with E-state index in [9.17, 15) is 4.39 Å². The number of halogens is 1. The van der Waals surface area contributed by atoms with Crippen LogP contribution in [0.5, 0.6) is 0 Å². The monoisotopic (exact) mass is 296 g/mol. The van der Waals surface area contributed by atoms with E-state index in [0.29, 0.717) is 13.2 Å². The number of rotatable bonds is 7. The lowest BCUT2D eigenvalue weighted by Gasteiger charge is -2.35. The van der Waals surface area contributed by atoms with Gasteiger partial charge >= 0.3 is 0 Å². The molecule has 5 heteroatoms. The Hall–Kier alpha value is -1.17. The zero-order valence-electron chi connectivity index (χ0n) is 12.9. The molecule has 4 nitrogen and oxygen atoms in total. The van der Waals surface area contributed by atoms with E-state index >= 15 is 0 Å². The summed E-state index contributed by atoms with van der Waals surface area (Å²) in [7, 11) is 1.67. The van der Waals surface area contributed by atoms with Crippen LogP contribution < -0.4 is 10.2 Å². The van der Waals surface area contributed by atoms with Crippen LogP contribution in [-0.4, -0.2) is 46.1 Å². The topological polar surface area (TPSA) is 33.7 Å². The van der Waals surface area contributed by atoms with Gasteiger partial charge in [-0.3, -0.25) is 0 Å². The molecule has 21 heavy (non-hydrogen) atoms. The molecule has 1 aromatic carbocycles. The van der Waals surface area contributed by atoms with Crippen molar-refractivity contribution in [3.8, 4) is 0 Å². The summed E-state index contributed by atoms with van der Waals surface area (Å²) in [4.78, 5) is 2.30. The van der Waals surface area contributed by atoms with Crippen molar-refractivity contribution >= 4 is 5.69 Å². The van der Waals surface area contributed by atoms with E-state index in [1.165, 1.54) is 6.07 Å². The number of methoxy groups -OCH3 is 1. The molecule has 1 aliphatic rings. The first-order valence-corrected chi connectivity index (χ1v) is 7.59. The third kappa shape index (κ3) is 4.66. The molecule has 0 saturated carbocycles. The van der Waals surface area contributed by atoms with Crippen molar-refractivity contribution in [1.29, 1.82) is 0 Å². The summed E-state index contributed by atoms with van der Waals surface area (Å²) in [5, 5.41) is 3.28. The van der Waals surface area contributed by atoms with Gasteiger partial charge in [0.15, 0.2) is 0 Å². The van der Waals surface area contributed by atoms with Crippen LogP contribution in [0.15, 0.2) is 18.2 Å². The Kier molecular flexibility index (Phi) is 6.42. The average Bonchev–Trinajstić information content (AvgIpc) is 2.52. The van der Waals surface area contributed by atoms with Gasteiger partial charge in [0, 0.05) is 39.0 Å². The standard InChI is InChI=1S/C16H25FN2O2/c1-3-15-12-19(7-9-21-15)16-5-4-14(17)10-13(16)11-18-6-8-20-2/h4-5,10,15,18H,3,6-9,11-12H2,1-2H3. The molecule has 2 rings (SSSR count). The van der Waals surface area contributed by atoms with Gasteiger partial charge in [0.1, 0.15) is 5.82 Å². The zero-order chi connectivity index (χ0) is 15.1. The van der Waals surface area contributed by atoms with Crippen molar-refractivity contribution in [2.75, 3.05) is 44.9 Å². The predicted molar refractivity (Wildman–Crippen MR) is 82.2 cm³/mol. The van der Waals surface area contributed by atoms with Gasteiger partial charge in [-0.15, -0.1) is 0 Å². The van der Waals surface area contributed by atoms with Crippen molar-refractivity contribution in [2.24, 2.45) is 0 Å². The van der Waals surface area contributed by atoms with E-state index < -0.39 is 0 Å². The Balaban J connectivity index is 2.06. The summed E-state index contributed by atoms with van der Waals surface area (Å²) < 4.78 is 24.3. The van der Waals surface area contributed by atoms with Crippen molar-refractivity contribution in [3.63, 3.8) is 0 Å². The van der Waals surface area contributed by atoms with Crippen LogP contribution in [0, 0.1) is 5.82 Å². The molecule has 1 N–H and O–H groups in total. The Bertz CT molecular complexity index is 442. The quantitative estimate of drug-likeness (QED) is 0.782. The third-order valence-electron chi connectivity index (χ3n) is 3.77. The van der Waals surface area contributed by atoms with Gasteiger partial charge in [-0.05, 0) is 30.2 Å². The van der Waals surface area contributed by atoms with Crippen molar-refractivity contribution in [1.82, 2.24) is 5.32 Å². The highest BCUT2D eigenvalue weighted by Crippen LogP contribution is 2.24. The normalized spacial score (nSPS) is 19.0. The predicted octanol–water partition coefficient (Wildman–Crippen LogP) is 2.18. The highest BCUT2D eigenvalue weighted by Gasteiger charge is 2.21. The molecule has 1 atom stereocenters. The number of nitrogens with one attached hydrogen (secondary N) is 1. The fourth-order valence-electron chi connectivity index (χ4n) is 2.59. The maximum atomic E-state index is 13.5. The van der Waals surface area contributed by atoms with E-state index in [4.69, 9.17) is 9.47 Å². The smallest absolute Gasteiger partial charge is 0.123 e. The fraction of sp³-hybridized carbons (Fsp3) is 0.625. The Morgan fingerprint density at radius 3 is 3.10 bits per heavy atom. The molecule has 1 fully saturated rings. The molecule has 1 unspecified atom stereocenters. The Morgan fingerprint density at radius 1 is 1.48 bits per heavy atom. The lowest BCUT2D eigenvalue weighted by molar-refractivity contribution is 0.0384. The molecule has 0 aliphatic carbocycles. The van der Waals surface area contributed by atoms with Gasteiger partial charge in [0.05, 0.1) is 19.3 Å². The lowest BCUT2D eigenvalue weighted by Crippen LogP contribution is -2.42. The second-order valence-electron chi connectivity index (χ2n) is 5.29. The summed E-state index contributed by atoms with van der Waals surface area (Å²) in [6.07, 6.45) is 1.26. The van der Waals surface area contributed by atoms with Crippen molar-refractivity contribution in [2.45, 2.75) is 26.0 Å². The maximum Gasteiger partial charge on any atom is 0.123 e. The number of hydrogen-bond donors (Lipinski definition) is 1. The van der Waals surface area contributed by atoms with E-state index in [0.717, 1.165) is 43.9 Å². The molecule has 0 amide bonds. The van der Waals surface area contributed by atoms with Gasteiger partial charge in [-0.25, -0.2) is 4.39 Å². The number of anilines is 1. The minimum atomic E-state index is -0.192.